The monoisotopic (exact) mass is 254 g/mol. The Labute approximate surface area is 110 Å². The summed E-state index contributed by atoms with van der Waals surface area (Å²) in [6.07, 6.45) is 6.94. The van der Waals surface area contributed by atoms with Crippen molar-refractivity contribution in [2.45, 2.75) is 64.2 Å². The summed E-state index contributed by atoms with van der Waals surface area (Å²) in [6.45, 7) is 7.94. The zero-order valence-corrected chi connectivity index (χ0v) is 12.2. The van der Waals surface area contributed by atoms with Crippen LogP contribution in [0, 0.1) is 11.8 Å². The zero-order valence-electron chi connectivity index (χ0n) is 11.4. The average molecular weight is 254 g/mol. The first-order valence-corrected chi connectivity index (χ1v) is 8.00. The number of hydrogen-bond donors (Lipinski definition) is 1. The lowest BCUT2D eigenvalue weighted by atomic mass is 10.0. The summed E-state index contributed by atoms with van der Waals surface area (Å²) in [7, 11) is 0. The fraction of sp³-hybridized carbons (Fsp3) is 0.929. The van der Waals surface area contributed by atoms with Crippen LogP contribution in [0.2, 0.25) is 0 Å². The molecular formula is C14H26N2S. The highest BCUT2D eigenvalue weighted by Crippen LogP contribution is 2.30. The highest BCUT2D eigenvalue weighted by Gasteiger charge is 2.25. The van der Waals surface area contributed by atoms with Gasteiger partial charge in [0.1, 0.15) is 0 Å². The molecule has 0 aromatic carbocycles. The number of nitrogens with zero attached hydrogens (tertiary/aromatic N) is 1. The van der Waals surface area contributed by atoms with Gasteiger partial charge in [0.05, 0.1) is 6.54 Å². The van der Waals surface area contributed by atoms with E-state index in [1.807, 2.05) is 11.8 Å². The second-order valence-corrected chi connectivity index (χ2v) is 7.28. The molecule has 0 saturated heterocycles. The Balaban J connectivity index is 1.73. The number of rotatable bonds is 4. The molecule has 2 unspecified atom stereocenters. The van der Waals surface area contributed by atoms with Gasteiger partial charge in [-0.15, -0.1) is 0 Å². The molecule has 2 atom stereocenters. The largest absolute Gasteiger partial charge is 0.362 e. The first-order chi connectivity index (χ1) is 8.15. The Morgan fingerprint density at radius 3 is 2.65 bits per heavy atom. The van der Waals surface area contributed by atoms with Crippen LogP contribution in [0.25, 0.3) is 0 Å². The van der Waals surface area contributed by atoms with E-state index in [1.165, 1.54) is 37.3 Å². The molecule has 98 valence electrons. The van der Waals surface area contributed by atoms with Gasteiger partial charge in [-0.3, -0.25) is 4.99 Å². The molecule has 3 heteroatoms. The maximum atomic E-state index is 4.65. The summed E-state index contributed by atoms with van der Waals surface area (Å²) in [5, 5.41) is 5.56. The normalized spacial score (nSPS) is 27.5. The summed E-state index contributed by atoms with van der Waals surface area (Å²) in [5.74, 6) is 1.66. The van der Waals surface area contributed by atoms with Crippen molar-refractivity contribution in [3.05, 3.63) is 0 Å². The van der Waals surface area contributed by atoms with Crippen molar-refractivity contribution < 1.29 is 0 Å². The summed E-state index contributed by atoms with van der Waals surface area (Å²) < 4.78 is 0. The van der Waals surface area contributed by atoms with Gasteiger partial charge >= 0.3 is 0 Å². The van der Waals surface area contributed by atoms with E-state index in [1.54, 1.807) is 0 Å². The van der Waals surface area contributed by atoms with Crippen molar-refractivity contribution in [1.82, 2.24) is 5.32 Å². The minimum Gasteiger partial charge on any atom is -0.362 e. The fourth-order valence-corrected chi connectivity index (χ4v) is 4.26. The highest BCUT2D eigenvalue weighted by atomic mass is 32.2. The molecule has 1 aliphatic carbocycles. The van der Waals surface area contributed by atoms with E-state index >= 15 is 0 Å². The fourth-order valence-electron chi connectivity index (χ4n) is 2.92. The minimum atomic E-state index is 0.613. The molecule has 0 bridgehead atoms. The topological polar surface area (TPSA) is 24.4 Å². The summed E-state index contributed by atoms with van der Waals surface area (Å²) in [6, 6.07) is 0.613. The van der Waals surface area contributed by atoms with Crippen molar-refractivity contribution in [2.75, 3.05) is 6.54 Å². The predicted octanol–water partition coefficient (Wildman–Crippen LogP) is 3.67. The van der Waals surface area contributed by atoms with Crippen LogP contribution in [-0.2, 0) is 0 Å². The Kier molecular flexibility index (Phi) is 4.78. The molecule has 1 N–H and O–H groups in total. The van der Waals surface area contributed by atoms with E-state index in [2.05, 4.69) is 31.1 Å². The Hall–Kier alpha value is -0.180. The number of amidine groups is 1. The second kappa shape index (κ2) is 6.12. The van der Waals surface area contributed by atoms with Gasteiger partial charge in [-0.25, -0.2) is 0 Å². The smallest absolute Gasteiger partial charge is 0.157 e. The van der Waals surface area contributed by atoms with Crippen LogP contribution in [0.3, 0.4) is 0 Å². The molecule has 17 heavy (non-hydrogen) atoms. The van der Waals surface area contributed by atoms with Gasteiger partial charge in [0.15, 0.2) is 5.17 Å². The molecule has 1 heterocycles. The van der Waals surface area contributed by atoms with Gasteiger partial charge < -0.3 is 5.32 Å². The maximum absolute atomic E-state index is 4.65. The first kappa shape index (κ1) is 13.3. The van der Waals surface area contributed by atoms with Crippen LogP contribution in [-0.4, -0.2) is 23.0 Å². The van der Waals surface area contributed by atoms with Crippen molar-refractivity contribution in [3.63, 3.8) is 0 Å². The molecule has 2 rings (SSSR count). The number of aliphatic imine (C=N–C) groups is 1. The molecule has 0 aromatic rings. The van der Waals surface area contributed by atoms with Gasteiger partial charge in [0.2, 0.25) is 0 Å². The van der Waals surface area contributed by atoms with Crippen molar-refractivity contribution >= 4 is 16.9 Å². The van der Waals surface area contributed by atoms with Crippen LogP contribution >= 0.6 is 11.8 Å². The van der Waals surface area contributed by atoms with Gasteiger partial charge in [-0.1, -0.05) is 38.5 Å². The van der Waals surface area contributed by atoms with E-state index in [9.17, 15) is 0 Å². The molecule has 0 amide bonds. The van der Waals surface area contributed by atoms with Gasteiger partial charge in [0, 0.05) is 11.3 Å². The third kappa shape index (κ3) is 3.90. The molecule has 1 fully saturated rings. The Morgan fingerprint density at radius 1 is 1.29 bits per heavy atom. The van der Waals surface area contributed by atoms with Gasteiger partial charge in [0.25, 0.3) is 0 Å². The zero-order chi connectivity index (χ0) is 12.3. The second-order valence-electron chi connectivity index (χ2n) is 5.99. The maximum Gasteiger partial charge on any atom is 0.157 e. The third-order valence-corrected chi connectivity index (χ3v) is 5.05. The molecule has 0 aromatic heterocycles. The lowest BCUT2D eigenvalue weighted by Crippen LogP contribution is -2.35. The molecule has 0 radical (unpaired) electrons. The third-order valence-electron chi connectivity index (χ3n) is 3.91. The number of nitrogens with one attached hydrogen (secondary N) is 1. The first-order valence-electron chi connectivity index (χ1n) is 7.12. The van der Waals surface area contributed by atoms with E-state index in [0.717, 1.165) is 18.4 Å². The lowest BCUT2D eigenvalue weighted by molar-refractivity contribution is 0.428. The Bertz CT molecular complexity index is 269. The molecule has 1 saturated carbocycles. The van der Waals surface area contributed by atoms with Crippen LogP contribution in [0.15, 0.2) is 4.99 Å². The Morgan fingerprint density at radius 2 is 2.00 bits per heavy atom. The van der Waals surface area contributed by atoms with Crippen molar-refractivity contribution in [2.24, 2.45) is 16.8 Å². The standard InChI is InChI=1S/C14H26N2S/c1-10(2)8-13-9-15-14(17-13)16-11(3)12-6-4-5-7-12/h10-13H,4-9H2,1-3H3,(H,15,16). The van der Waals surface area contributed by atoms with Crippen LogP contribution in [0.1, 0.15) is 52.9 Å². The molecule has 1 aliphatic heterocycles. The number of thioether (sulfide) groups is 1. The molecule has 0 spiro atoms. The van der Waals surface area contributed by atoms with E-state index in [-0.39, 0.29) is 0 Å². The van der Waals surface area contributed by atoms with Crippen LogP contribution < -0.4 is 5.32 Å². The van der Waals surface area contributed by atoms with E-state index in [4.69, 9.17) is 0 Å². The minimum absolute atomic E-state index is 0.613. The van der Waals surface area contributed by atoms with Crippen LogP contribution in [0.5, 0.6) is 0 Å². The predicted molar refractivity (Wildman–Crippen MR) is 77.7 cm³/mol. The summed E-state index contributed by atoms with van der Waals surface area (Å²) in [5.41, 5.74) is 0. The van der Waals surface area contributed by atoms with Gasteiger partial charge in [-0.05, 0) is 38.0 Å². The van der Waals surface area contributed by atoms with Crippen molar-refractivity contribution in [3.8, 4) is 0 Å². The van der Waals surface area contributed by atoms with Crippen LogP contribution in [0.4, 0.5) is 0 Å². The number of hydrogen-bond acceptors (Lipinski definition) is 3. The quantitative estimate of drug-likeness (QED) is 0.828. The van der Waals surface area contributed by atoms with E-state index in [0.29, 0.717) is 11.3 Å². The summed E-state index contributed by atoms with van der Waals surface area (Å²) >= 11 is 1.96. The average Bonchev–Trinajstić information content (AvgIpc) is 2.87. The SMILES string of the molecule is CC(C)CC1CN=C(NC(C)C2CCCC2)S1. The molecular weight excluding hydrogens is 228 g/mol. The van der Waals surface area contributed by atoms with Gasteiger partial charge in [-0.2, -0.15) is 0 Å². The van der Waals surface area contributed by atoms with E-state index < -0.39 is 0 Å². The summed E-state index contributed by atoms with van der Waals surface area (Å²) in [4.78, 5) is 4.65. The molecule has 2 aliphatic rings. The highest BCUT2D eigenvalue weighted by molar-refractivity contribution is 8.14. The lowest BCUT2D eigenvalue weighted by Gasteiger charge is -2.21. The van der Waals surface area contributed by atoms with Crippen molar-refractivity contribution in [1.29, 1.82) is 0 Å². The molecule has 2 nitrogen and oxygen atoms in total.